The fraction of sp³-hybridized carbons (Fsp3) is 0.667. The number of ether oxygens (including phenoxy) is 2. The third-order valence-corrected chi connectivity index (χ3v) is 8.24. The van der Waals surface area contributed by atoms with Crippen LogP contribution in [0.5, 0.6) is 5.75 Å². The van der Waals surface area contributed by atoms with Gasteiger partial charge in [-0.25, -0.2) is 0 Å². The molecule has 3 aliphatic heterocycles. The first-order chi connectivity index (χ1) is 18.0. The molecular weight excluding hydrogens is 474 g/mol. The van der Waals surface area contributed by atoms with Crippen LogP contribution >= 0.6 is 0 Å². The van der Waals surface area contributed by atoms with Crippen LogP contribution in [0.1, 0.15) is 54.4 Å². The number of piperidine rings is 1. The number of nitrogens with two attached hydrogens (primary N) is 1. The molecule has 1 atom stereocenters. The molecule has 0 aromatic heterocycles. The van der Waals surface area contributed by atoms with E-state index in [1.807, 2.05) is 6.07 Å². The van der Waals surface area contributed by atoms with Gasteiger partial charge in [-0.3, -0.25) is 29.5 Å². The lowest BCUT2D eigenvalue weighted by Gasteiger charge is -2.41. The van der Waals surface area contributed by atoms with Crippen LogP contribution in [-0.2, 0) is 20.9 Å². The van der Waals surface area contributed by atoms with Crippen LogP contribution in [0.3, 0.4) is 0 Å². The maximum absolute atomic E-state index is 12.9. The Morgan fingerprint density at radius 1 is 0.946 bits per heavy atom. The van der Waals surface area contributed by atoms with Crippen LogP contribution in [0.2, 0.25) is 0 Å². The third-order valence-electron chi connectivity index (χ3n) is 8.24. The van der Waals surface area contributed by atoms with Crippen molar-refractivity contribution in [2.24, 2.45) is 5.73 Å². The molecule has 10 nitrogen and oxygen atoms in total. The first-order valence-electron chi connectivity index (χ1n) is 13.7. The molecule has 202 valence electrons. The van der Waals surface area contributed by atoms with Crippen LogP contribution in [0.4, 0.5) is 0 Å². The van der Waals surface area contributed by atoms with Crippen molar-refractivity contribution in [3.8, 4) is 5.75 Å². The number of benzene rings is 1. The number of hydrogen-bond donors (Lipinski definition) is 2. The van der Waals surface area contributed by atoms with Gasteiger partial charge in [-0.05, 0) is 44.2 Å². The van der Waals surface area contributed by atoms with Crippen molar-refractivity contribution in [1.29, 1.82) is 0 Å². The lowest BCUT2D eigenvalue weighted by molar-refractivity contribution is -0.136. The summed E-state index contributed by atoms with van der Waals surface area (Å²) >= 11 is 0. The topological polar surface area (TPSA) is 117 Å². The number of amides is 3. The molecule has 0 spiro atoms. The van der Waals surface area contributed by atoms with E-state index < -0.39 is 11.9 Å². The molecule has 10 heteroatoms. The molecule has 3 amide bonds. The van der Waals surface area contributed by atoms with Gasteiger partial charge in [0.05, 0.1) is 19.8 Å². The summed E-state index contributed by atoms with van der Waals surface area (Å²) in [6, 6.07) is 5.88. The van der Waals surface area contributed by atoms with E-state index in [0.717, 1.165) is 51.1 Å². The maximum atomic E-state index is 12.9. The first-order valence-corrected chi connectivity index (χ1v) is 13.7. The second-order valence-corrected chi connectivity index (χ2v) is 10.6. The summed E-state index contributed by atoms with van der Waals surface area (Å²) in [4.78, 5) is 43.3. The van der Waals surface area contributed by atoms with Crippen molar-refractivity contribution >= 4 is 17.7 Å². The number of imide groups is 1. The van der Waals surface area contributed by atoms with Gasteiger partial charge >= 0.3 is 0 Å². The van der Waals surface area contributed by atoms with Crippen LogP contribution in [0.15, 0.2) is 18.2 Å². The van der Waals surface area contributed by atoms with Gasteiger partial charge in [0.25, 0.3) is 5.91 Å². The second kappa shape index (κ2) is 11.9. The Balaban J connectivity index is 1.01. The minimum absolute atomic E-state index is 0.196. The van der Waals surface area contributed by atoms with Crippen molar-refractivity contribution in [1.82, 2.24) is 20.0 Å². The van der Waals surface area contributed by atoms with E-state index in [9.17, 15) is 14.4 Å². The standard InChI is InChI=1S/C27H39N5O5/c28-19-4-6-20(7-5-19)31-12-10-30(11-13-31)14-15-36-16-17-37-24-3-1-2-21-22(24)18-32(27(21)35)23-8-9-25(33)29-26(23)34/h1-3,19-20,23H,4-18,28H2,(H,29,33,34). The lowest BCUT2D eigenvalue weighted by Crippen LogP contribution is -2.52. The molecule has 2 saturated heterocycles. The Kier molecular flexibility index (Phi) is 8.39. The van der Waals surface area contributed by atoms with Gasteiger partial charge in [-0.1, -0.05) is 6.07 Å². The highest BCUT2D eigenvalue weighted by Crippen LogP contribution is 2.33. The molecule has 4 aliphatic rings. The van der Waals surface area contributed by atoms with Crippen molar-refractivity contribution < 1.29 is 23.9 Å². The molecule has 1 aliphatic carbocycles. The average Bonchev–Trinajstić information content (AvgIpc) is 3.24. The van der Waals surface area contributed by atoms with Crippen LogP contribution in [-0.4, -0.2) is 103 Å². The van der Waals surface area contributed by atoms with Crippen molar-refractivity contribution in [3.05, 3.63) is 29.3 Å². The van der Waals surface area contributed by atoms with E-state index in [0.29, 0.717) is 56.2 Å². The Morgan fingerprint density at radius 2 is 1.73 bits per heavy atom. The van der Waals surface area contributed by atoms with Crippen molar-refractivity contribution in [3.63, 3.8) is 0 Å². The SMILES string of the molecule is NC1CCC(N2CCN(CCOCCOc3cccc4c3CN(C3CCC(=O)NC3=O)C4=O)CC2)CC1. The molecule has 5 rings (SSSR count). The van der Waals surface area contributed by atoms with E-state index in [4.69, 9.17) is 15.2 Å². The molecule has 1 unspecified atom stereocenters. The second-order valence-electron chi connectivity index (χ2n) is 10.6. The Morgan fingerprint density at radius 3 is 2.49 bits per heavy atom. The Hall–Kier alpha value is -2.53. The van der Waals surface area contributed by atoms with Gasteiger partial charge in [0.1, 0.15) is 18.4 Å². The first kappa shape index (κ1) is 26.1. The zero-order valence-corrected chi connectivity index (χ0v) is 21.5. The largest absolute Gasteiger partial charge is 0.491 e. The Bertz CT molecular complexity index is 987. The van der Waals surface area contributed by atoms with Crippen LogP contribution in [0.25, 0.3) is 0 Å². The summed E-state index contributed by atoms with van der Waals surface area (Å²) in [5.74, 6) is -0.252. The zero-order valence-electron chi connectivity index (χ0n) is 21.5. The fourth-order valence-corrected chi connectivity index (χ4v) is 6.02. The zero-order chi connectivity index (χ0) is 25.8. The van der Waals surface area contributed by atoms with Gasteiger partial charge < -0.3 is 20.1 Å². The molecule has 0 bridgehead atoms. The van der Waals surface area contributed by atoms with E-state index >= 15 is 0 Å². The highest BCUT2D eigenvalue weighted by Gasteiger charge is 2.40. The van der Waals surface area contributed by atoms with E-state index in [-0.39, 0.29) is 18.2 Å². The smallest absolute Gasteiger partial charge is 0.255 e. The van der Waals surface area contributed by atoms with Crippen LogP contribution in [0, 0.1) is 0 Å². The van der Waals surface area contributed by atoms with Crippen molar-refractivity contribution in [2.45, 2.75) is 63.2 Å². The quantitative estimate of drug-likeness (QED) is 0.367. The van der Waals surface area contributed by atoms with E-state index in [1.54, 1.807) is 17.0 Å². The van der Waals surface area contributed by atoms with Crippen molar-refractivity contribution in [2.75, 3.05) is 52.5 Å². The molecule has 1 aromatic carbocycles. The van der Waals surface area contributed by atoms with Crippen LogP contribution < -0.4 is 15.8 Å². The summed E-state index contributed by atoms with van der Waals surface area (Å²) in [5, 5.41) is 2.33. The summed E-state index contributed by atoms with van der Waals surface area (Å²) in [6.45, 7) is 7.14. The summed E-state index contributed by atoms with van der Waals surface area (Å²) in [5.41, 5.74) is 7.40. The fourth-order valence-electron chi connectivity index (χ4n) is 6.02. The van der Waals surface area contributed by atoms with Gasteiger partial charge in [0, 0.05) is 62.4 Å². The minimum Gasteiger partial charge on any atom is -0.491 e. The van der Waals surface area contributed by atoms with Gasteiger partial charge in [-0.15, -0.1) is 0 Å². The number of rotatable bonds is 9. The monoisotopic (exact) mass is 513 g/mol. The summed E-state index contributed by atoms with van der Waals surface area (Å²) < 4.78 is 11.8. The predicted octanol–water partition coefficient (Wildman–Crippen LogP) is 0.731. The Labute approximate surface area is 218 Å². The van der Waals surface area contributed by atoms with E-state index in [2.05, 4.69) is 15.1 Å². The molecule has 37 heavy (non-hydrogen) atoms. The highest BCUT2D eigenvalue weighted by atomic mass is 16.5. The number of hydrogen-bond acceptors (Lipinski definition) is 8. The number of nitrogens with one attached hydrogen (secondary N) is 1. The molecule has 1 saturated carbocycles. The van der Waals surface area contributed by atoms with Gasteiger partial charge in [-0.2, -0.15) is 0 Å². The normalized spacial score (nSPS) is 27.3. The van der Waals surface area contributed by atoms with E-state index in [1.165, 1.54) is 12.8 Å². The predicted molar refractivity (Wildman–Crippen MR) is 137 cm³/mol. The number of nitrogens with zero attached hydrogens (tertiary/aromatic N) is 3. The molecule has 3 N–H and O–H groups in total. The molecular formula is C27H39N5O5. The number of fused-ring (bicyclic) bond motifs is 1. The number of piperazine rings is 1. The molecule has 1 aromatic rings. The van der Waals surface area contributed by atoms with Gasteiger partial charge in [0.2, 0.25) is 11.8 Å². The number of carbonyl (C=O) groups excluding carboxylic acids is 3. The minimum atomic E-state index is -0.628. The maximum Gasteiger partial charge on any atom is 0.255 e. The number of carbonyl (C=O) groups is 3. The molecule has 0 radical (unpaired) electrons. The summed E-state index contributed by atoms with van der Waals surface area (Å²) in [6.07, 6.45) is 5.36. The molecule has 3 heterocycles. The van der Waals surface area contributed by atoms with Gasteiger partial charge in [0.15, 0.2) is 0 Å². The highest BCUT2D eigenvalue weighted by molar-refractivity contribution is 6.05. The third kappa shape index (κ3) is 6.14. The summed E-state index contributed by atoms with van der Waals surface area (Å²) in [7, 11) is 0. The average molecular weight is 514 g/mol. The lowest BCUT2D eigenvalue weighted by atomic mass is 9.90. The molecule has 3 fully saturated rings.